The van der Waals surface area contributed by atoms with E-state index in [1.54, 1.807) is 0 Å². The first-order chi connectivity index (χ1) is 14.0. The minimum atomic E-state index is -2.48. The maximum atomic E-state index is 11.2. The monoisotopic (exact) mass is 439 g/mol. The van der Waals surface area contributed by atoms with Crippen LogP contribution in [0.25, 0.3) is 0 Å². The average Bonchev–Trinajstić information content (AvgIpc) is 2.71. The Labute approximate surface area is 176 Å². The predicted octanol–water partition coefficient (Wildman–Crippen LogP) is 1.51. The maximum Gasteiger partial charge on any atom is 0.224 e. The second-order valence-corrected chi connectivity index (χ2v) is 6.63. The summed E-state index contributed by atoms with van der Waals surface area (Å²) in [4.78, 5) is 16.3. The molecule has 0 aromatic carbocycles. The van der Waals surface area contributed by atoms with Crippen LogP contribution in [0.2, 0.25) is 5.28 Å². The van der Waals surface area contributed by atoms with E-state index in [9.17, 15) is 8.76 Å². The van der Waals surface area contributed by atoms with Gasteiger partial charge in [-0.1, -0.05) is 5.92 Å². The van der Waals surface area contributed by atoms with Crippen molar-refractivity contribution in [1.29, 1.82) is 0 Å². The first-order valence-corrected chi connectivity index (χ1v) is 10.0. The largest absolute Gasteiger partial charge is 0.755 e. The summed E-state index contributed by atoms with van der Waals surface area (Å²) in [6.07, 6.45) is 3.66. The second-order valence-electron chi connectivity index (χ2n) is 5.31. The number of aromatic nitrogens is 4. The predicted molar refractivity (Wildman–Crippen MR) is 108 cm³/mol. The summed E-state index contributed by atoms with van der Waals surface area (Å²) >= 11 is 3.42. The van der Waals surface area contributed by atoms with Gasteiger partial charge in [-0.25, -0.2) is 9.97 Å². The third-order valence-electron chi connectivity index (χ3n) is 3.42. The minimum Gasteiger partial charge on any atom is -0.755 e. The SMILES string of the molecule is CCOC(C#Cc1cnc(Cl)nc1NCc1nccnc1N(C)S(=O)[O-])OCC. The van der Waals surface area contributed by atoms with Crippen molar-refractivity contribution >= 4 is 34.5 Å². The zero-order chi connectivity index (χ0) is 21.2. The fourth-order valence-corrected chi connectivity index (χ4v) is 2.57. The number of rotatable bonds is 9. The van der Waals surface area contributed by atoms with E-state index in [0.717, 1.165) is 4.31 Å². The summed E-state index contributed by atoms with van der Waals surface area (Å²) in [6.45, 7) is 4.72. The minimum absolute atomic E-state index is 0.0290. The van der Waals surface area contributed by atoms with Gasteiger partial charge in [-0.2, -0.15) is 4.98 Å². The lowest BCUT2D eigenvalue weighted by molar-refractivity contribution is -0.0969. The van der Waals surface area contributed by atoms with Crippen molar-refractivity contribution in [3.8, 4) is 11.8 Å². The normalized spacial score (nSPS) is 11.7. The van der Waals surface area contributed by atoms with Gasteiger partial charge in [0.2, 0.25) is 11.6 Å². The van der Waals surface area contributed by atoms with E-state index in [1.165, 1.54) is 25.6 Å². The van der Waals surface area contributed by atoms with Gasteiger partial charge >= 0.3 is 0 Å². The van der Waals surface area contributed by atoms with Gasteiger partial charge in [0.15, 0.2) is 5.82 Å². The molecule has 0 fully saturated rings. The first-order valence-electron chi connectivity index (χ1n) is 8.60. The number of ether oxygens (including phenoxy) is 2. The number of nitrogens with one attached hydrogen (secondary N) is 1. The third-order valence-corrected chi connectivity index (χ3v) is 4.22. The highest BCUT2D eigenvalue weighted by Gasteiger charge is 2.12. The molecule has 0 aliphatic rings. The molecular formula is C17H20ClN6O4S-. The molecule has 2 rings (SSSR count). The lowest BCUT2D eigenvalue weighted by Gasteiger charge is -2.22. The van der Waals surface area contributed by atoms with Crippen molar-refractivity contribution in [3.63, 3.8) is 0 Å². The van der Waals surface area contributed by atoms with Crippen LogP contribution in [0, 0.1) is 11.8 Å². The summed E-state index contributed by atoms with van der Waals surface area (Å²) in [5.41, 5.74) is 0.861. The van der Waals surface area contributed by atoms with E-state index < -0.39 is 17.6 Å². The van der Waals surface area contributed by atoms with Crippen LogP contribution >= 0.6 is 11.6 Å². The molecule has 12 heteroatoms. The fraction of sp³-hybridized carbons (Fsp3) is 0.412. The van der Waals surface area contributed by atoms with Crippen LogP contribution in [0.5, 0.6) is 0 Å². The quantitative estimate of drug-likeness (QED) is 0.268. The van der Waals surface area contributed by atoms with Gasteiger partial charge < -0.3 is 19.3 Å². The molecule has 0 radical (unpaired) electrons. The number of nitrogens with zero attached hydrogens (tertiary/aromatic N) is 5. The van der Waals surface area contributed by atoms with Gasteiger partial charge in [0.1, 0.15) is 11.5 Å². The van der Waals surface area contributed by atoms with Crippen LogP contribution in [0.15, 0.2) is 18.6 Å². The van der Waals surface area contributed by atoms with Gasteiger partial charge in [-0.3, -0.25) is 13.5 Å². The lowest BCUT2D eigenvalue weighted by Crippen LogP contribution is -2.23. The van der Waals surface area contributed by atoms with Crippen LogP contribution in [0.4, 0.5) is 11.6 Å². The standard InChI is InChI=1S/C17H21ClN6O4S/c1-4-27-14(28-5-2)7-6-12-10-22-17(18)23-15(12)21-11-13-16(20-9-8-19-13)24(3)29(25)26/h8-10,14H,4-5,11H2,1-3H3,(H,25,26)(H,21,22,23)/p-1. The van der Waals surface area contributed by atoms with E-state index in [4.69, 9.17) is 21.1 Å². The van der Waals surface area contributed by atoms with Crippen molar-refractivity contribution in [2.75, 3.05) is 29.9 Å². The zero-order valence-electron chi connectivity index (χ0n) is 16.1. The molecule has 0 saturated heterocycles. The summed E-state index contributed by atoms with van der Waals surface area (Å²) in [5, 5.41) is 3.07. The topological polar surface area (TPSA) is 125 Å². The van der Waals surface area contributed by atoms with Crippen LogP contribution in [-0.4, -0.2) is 55.2 Å². The van der Waals surface area contributed by atoms with Crippen molar-refractivity contribution in [2.45, 2.75) is 26.7 Å². The summed E-state index contributed by atoms with van der Waals surface area (Å²) < 4.78 is 34.2. The maximum absolute atomic E-state index is 11.2. The zero-order valence-corrected chi connectivity index (χ0v) is 17.7. The Balaban J connectivity index is 2.25. The molecule has 0 saturated carbocycles. The van der Waals surface area contributed by atoms with Crippen molar-refractivity contribution in [3.05, 3.63) is 35.1 Å². The van der Waals surface area contributed by atoms with E-state index in [0.29, 0.717) is 30.3 Å². The molecule has 0 bridgehead atoms. The van der Waals surface area contributed by atoms with Gasteiger partial charge in [0.25, 0.3) is 0 Å². The Morgan fingerprint density at radius 2 is 1.97 bits per heavy atom. The Morgan fingerprint density at radius 3 is 2.62 bits per heavy atom. The summed E-state index contributed by atoms with van der Waals surface area (Å²) in [5.74, 6) is 6.32. The molecule has 0 aliphatic carbocycles. The van der Waals surface area contributed by atoms with E-state index in [-0.39, 0.29) is 17.6 Å². The Morgan fingerprint density at radius 1 is 1.28 bits per heavy atom. The Hall–Kier alpha value is -2.36. The van der Waals surface area contributed by atoms with Gasteiger partial charge in [0.05, 0.1) is 12.1 Å². The molecule has 0 spiro atoms. The Bertz CT molecular complexity index is 901. The van der Waals surface area contributed by atoms with Crippen molar-refractivity contribution in [2.24, 2.45) is 0 Å². The van der Waals surface area contributed by atoms with Gasteiger partial charge in [-0.15, -0.1) is 0 Å². The van der Waals surface area contributed by atoms with Gasteiger partial charge in [-0.05, 0) is 31.4 Å². The Kier molecular flexibility index (Phi) is 9.17. The first kappa shape index (κ1) is 22.9. The fourth-order valence-electron chi connectivity index (χ4n) is 2.14. The molecule has 2 heterocycles. The highest BCUT2D eigenvalue weighted by atomic mass is 35.5. The molecular weight excluding hydrogens is 420 g/mol. The number of hydrogen-bond donors (Lipinski definition) is 1. The van der Waals surface area contributed by atoms with Crippen LogP contribution < -0.4 is 9.62 Å². The summed E-state index contributed by atoms with van der Waals surface area (Å²) in [6, 6.07) is 0. The van der Waals surface area contributed by atoms with Crippen molar-refractivity contribution in [1.82, 2.24) is 19.9 Å². The number of halogens is 1. The highest BCUT2D eigenvalue weighted by Crippen LogP contribution is 2.18. The second kappa shape index (κ2) is 11.6. The molecule has 0 aliphatic heterocycles. The van der Waals surface area contributed by atoms with E-state index in [1.807, 2.05) is 13.8 Å². The molecule has 1 N–H and O–H groups in total. The van der Waals surface area contributed by atoms with E-state index >= 15 is 0 Å². The summed E-state index contributed by atoms with van der Waals surface area (Å²) in [7, 11) is 1.37. The molecule has 0 amide bonds. The molecule has 2 aromatic rings. The van der Waals surface area contributed by atoms with Crippen LogP contribution in [-0.2, 0) is 27.3 Å². The molecule has 1 unspecified atom stereocenters. The molecule has 2 aromatic heterocycles. The smallest absolute Gasteiger partial charge is 0.224 e. The van der Waals surface area contributed by atoms with Gasteiger partial charge in [0, 0.05) is 50.1 Å². The molecule has 156 valence electrons. The lowest BCUT2D eigenvalue weighted by atomic mass is 10.3. The van der Waals surface area contributed by atoms with Crippen LogP contribution in [0.1, 0.15) is 25.1 Å². The number of anilines is 2. The van der Waals surface area contributed by atoms with Crippen LogP contribution in [0.3, 0.4) is 0 Å². The molecule has 10 nitrogen and oxygen atoms in total. The number of hydrogen-bond acceptors (Lipinski definition) is 9. The molecule has 29 heavy (non-hydrogen) atoms. The van der Waals surface area contributed by atoms with E-state index in [2.05, 4.69) is 37.1 Å². The average molecular weight is 440 g/mol. The third kappa shape index (κ3) is 6.88. The highest BCUT2D eigenvalue weighted by molar-refractivity contribution is 7.80. The van der Waals surface area contributed by atoms with Crippen molar-refractivity contribution < 1.29 is 18.2 Å². The molecule has 1 atom stereocenters.